The van der Waals surface area contributed by atoms with Crippen molar-refractivity contribution in [3.8, 4) is 5.75 Å². The van der Waals surface area contributed by atoms with Crippen molar-refractivity contribution in [2.45, 2.75) is 12.0 Å². The molecule has 4 aromatic carbocycles. The van der Waals surface area contributed by atoms with Gasteiger partial charge in [-0.05, 0) is 29.0 Å². The van der Waals surface area contributed by atoms with Gasteiger partial charge in [-0.15, -0.1) is 0 Å². The van der Waals surface area contributed by atoms with Crippen molar-refractivity contribution >= 4 is 28.2 Å². The van der Waals surface area contributed by atoms with Gasteiger partial charge in [-0.3, -0.25) is 9.59 Å². The van der Waals surface area contributed by atoms with Gasteiger partial charge in [0.05, 0.1) is 18.7 Å². The quantitative estimate of drug-likeness (QED) is 0.425. The third-order valence-electron chi connectivity index (χ3n) is 6.07. The molecule has 0 aliphatic carbocycles. The van der Waals surface area contributed by atoms with E-state index in [0.717, 1.165) is 10.8 Å². The summed E-state index contributed by atoms with van der Waals surface area (Å²) < 4.78 is 5.76. The summed E-state index contributed by atoms with van der Waals surface area (Å²) in [6, 6.07) is 29.5. The molecule has 1 aliphatic heterocycles. The van der Waals surface area contributed by atoms with Crippen molar-refractivity contribution in [2.24, 2.45) is 0 Å². The molecule has 1 aliphatic rings. The second-order valence-electron chi connectivity index (χ2n) is 8.12. The lowest BCUT2D eigenvalue weighted by molar-refractivity contribution is -0.135. The van der Waals surface area contributed by atoms with Crippen LogP contribution in [-0.2, 0) is 10.4 Å². The monoisotopic (exact) mass is 437 g/mol. The van der Waals surface area contributed by atoms with Crippen LogP contribution in [0.2, 0.25) is 0 Å². The molecular weight excluding hydrogens is 414 g/mol. The number of aliphatic hydroxyl groups is 1. The van der Waals surface area contributed by atoms with Crippen molar-refractivity contribution in [3.63, 3.8) is 0 Å². The van der Waals surface area contributed by atoms with Crippen LogP contribution < -0.4 is 9.64 Å². The number of Topliss-reactive ketones (excluding diaryl/α,β-unsaturated/α-hetero) is 1. The number of ether oxygens (including phenoxy) is 1. The van der Waals surface area contributed by atoms with Gasteiger partial charge >= 0.3 is 0 Å². The van der Waals surface area contributed by atoms with Crippen molar-refractivity contribution in [1.82, 2.24) is 0 Å². The minimum absolute atomic E-state index is 0.259. The summed E-state index contributed by atoms with van der Waals surface area (Å²) in [4.78, 5) is 28.3. The summed E-state index contributed by atoms with van der Waals surface area (Å²) in [6.07, 6.45) is -0.326. The number of para-hydroxylation sites is 2. The Morgan fingerprint density at radius 3 is 2.39 bits per heavy atom. The van der Waals surface area contributed by atoms with E-state index in [1.807, 2.05) is 72.8 Å². The molecule has 1 atom stereocenters. The SMILES string of the molecule is O=C(CC1(O)C(=O)N(CCOc2ccccc2)c2ccccc21)c1cccc2ccccc12. The van der Waals surface area contributed by atoms with Crippen LogP contribution in [0.3, 0.4) is 0 Å². The molecule has 1 amide bonds. The lowest BCUT2D eigenvalue weighted by Gasteiger charge is -2.23. The maximum atomic E-state index is 13.4. The number of carbonyl (C=O) groups excluding carboxylic acids is 2. The van der Waals surface area contributed by atoms with E-state index in [9.17, 15) is 14.7 Å². The predicted octanol–water partition coefficient (Wildman–Crippen LogP) is 4.73. The van der Waals surface area contributed by atoms with Crippen LogP contribution >= 0.6 is 0 Å². The Bertz CT molecular complexity index is 1330. The summed E-state index contributed by atoms with van der Waals surface area (Å²) in [5.74, 6) is -0.0763. The van der Waals surface area contributed by atoms with Gasteiger partial charge < -0.3 is 14.7 Å². The minimum Gasteiger partial charge on any atom is -0.492 e. The van der Waals surface area contributed by atoms with Gasteiger partial charge in [0.1, 0.15) is 12.4 Å². The molecule has 0 bridgehead atoms. The van der Waals surface area contributed by atoms with Gasteiger partial charge in [0, 0.05) is 11.1 Å². The highest BCUT2D eigenvalue weighted by Crippen LogP contribution is 2.43. The second kappa shape index (κ2) is 8.52. The number of rotatable bonds is 7. The zero-order valence-electron chi connectivity index (χ0n) is 18.0. The first kappa shape index (κ1) is 20.9. The summed E-state index contributed by atoms with van der Waals surface area (Å²) >= 11 is 0. The molecule has 0 aromatic heterocycles. The number of benzene rings is 4. The number of hydrogen-bond donors (Lipinski definition) is 1. The average Bonchev–Trinajstić information content (AvgIpc) is 3.06. The summed E-state index contributed by atoms with van der Waals surface area (Å²) in [6.45, 7) is 0.521. The topological polar surface area (TPSA) is 66.8 Å². The van der Waals surface area contributed by atoms with E-state index >= 15 is 0 Å². The fourth-order valence-electron chi connectivity index (χ4n) is 4.47. The number of nitrogens with zero attached hydrogens (tertiary/aromatic N) is 1. The maximum Gasteiger partial charge on any atom is 0.264 e. The van der Waals surface area contributed by atoms with Gasteiger partial charge in [-0.2, -0.15) is 0 Å². The largest absolute Gasteiger partial charge is 0.492 e. The number of fused-ring (bicyclic) bond motifs is 2. The highest BCUT2D eigenvalue weighted by atomic mass is 16.5. The van der Waals surface area contributed by atoms with E-state index in [2.05, 4.69) is 0 Å². The van der Waals surface area contributed by atoms with E-state index in [0.29, 0.717) is 22.6 Å². The first-order valence-corrected chi connectivity index (χ1v) is 10.9. The Kier molecular flexibility index (Phi) is 5.40. The highest BCUT2D eigenvalue weighted by molar-refractivity contribution is 6.13. The molecule has 4 aromatic rings. The lowest BCUT2D eigenvalue weighted by Crippen LogP contribution is -2.43. The van der Waals surface area contributed by atoms with Crippen LogP contribution in [0.25, 0.3) is 10.8 Å². The van der Waals surface area contributed by atoms with Crippen LogP contribution in [-0.4, -0.2) is 29.9 Å². The van der Waals surface area contributed by atoms with Crippen molar-refractivity contribution in [3.05, 3.63) is 108 Å². The molecule has 5 heteroatoms. The second-order valence-corrected chi connectivity index (χ2v) is 8.12. The Balaban J connectivity index is 1.41. The van der Waals surface area contributed by atoms with Gasteiger partial charge in [0.25, 0.3) is 5.91 Å². The zero-order valence-corrected chi connectivity index (χ0v) is 18.0. The van der Waals surface area contributed by atoms with Gasteiger partial charge in [0.2, 0.25) is 0 Å². The predicted molar refractivity (Wildman–Crippen MR) is 128 cm³/mol. The van der Waals surface area contributed by atoms with E-state index in [-0.39, 0.29) is 25.4 Å². The van der Waals surface area contributed by atoms with E-state index in [1.54, 1.807) is 24.3 Å². The fourth-order valence-corrected chi connectivity index (χ4v) is 4.47. The first-order valence-electron chi connectivity index (χ1n) is 10.9. The minimum atomic E-state index is -1.92. The molecule has 1 heterocycles. The molecule has 164 valence electrons. The number of hydrogen-bond acceptors (Lipinski definition) is 4. The summed E-state index contributed by atoms with van der Waals surface area (Å²) in [7, 11) is 0. The molecule has 33 heavy (non-hydrogen) atoms. The molecule has 1 unspecified atom stereocenters. The third kappa shape index (κ3) is 3.77. The van der Waals surface area contributed by atoms with Crippen LogP contribution in [0.15, 0.2) is 97.1 Å². The summed E-state index contributed by atoms with van der Waals surface area (Å²) in [5, 5.41) is 13.3. The molecule has 0 saturated carbocycles. The van der Waals surface area contributed by atoms with Gasteiger partial charge in [-0.25, -0.2) is 0 Å². The number of anilines is 1. The van der Waals surface area contributed by atoms with Crippen LogP contribution in [0.4, 0.5) is 5.69 Å². The molecule has 0 radical (unpaired) electrons. The number of carbonyl (C=O) groups is 2. The molecule has 5 nitrogen and oxygen atoms in total. The third-order valence-corrected chi connectivity index (χ3v) is 6.07. The Morgan fingerprint density at radius 1 is 0.848 bits per heavy atom. The number of ketones is 1. The standard InChI is InChI=1S/C28H23NO4/c30-26(23-14-8-10-20-9-4-5-13-22(20)23)19-28(32)24-15-6-7-16-25(24)29(27(28)31)17-18-33-21-11-2-1-3-12-21/h1-16,32H,17-19H2. The summed E-state index contributed by atoms with van der Waals surface area (Å²) in [5.41, 5.74) is -0.370. The van der Waals surface area contributed by atoms with Crippen molar-refractivity contribution in [1.29, 1.82) is 0 Å². The molecule has 0 fully saturated rings. The van der Waals surface area contributed by atoms with Gasteiger partial charge in [0.15, 0.2) is 11.4 Å². The maximum absolute atomic E-state index is 13.4. The fraction of sp³-hybridized carbons (Fsp3) is 0.143. The van der Waals surface area contributed by atoms with Crippen LogP contribution in [0.1, 0.15) is 22.3 Å². The van der Waals surface area contributed by atoms with Crippen LogP contribution in [0, 0.1) is 0 Å². The molecule has 0 saturated heterocycles. The highest BCUT2D eigenvalue weighted by Gasteiger charge is 2.50. The van der Waals surface area contributed by atoms with Crippen molar-refractivity contribution < 1.29 is 19.4 Å². The molecule has 1 N–H and O–H groups in total. The van der Waals surface area contributed by atoms with E-state index < -0.39 is 11.5 Å². The molecule has 0 spiro atoms. The average molecular weight is 437 g/mol. The first-order chi connectivity index (χ1) is 16.1. The number of amides is 1. The Labute approximate surface area is 191 Å². The normalized spacial score (nSPS) is 17.2. The smallest absolute Gasteiger partial charge is 0.264 e. The van der Waals surface area contributed by atoms with E-state index in [1.165, 1.54) is 4.90 Å². The molecular formula is C28H23NO4. The zero-order chi connectivity index (χ0) is 22.8. The lowest BCUT2D eigenvalue weighted by atomic mass is 9.87. The molecule has 5 rings (SSSR count). The Hall–Kier alpha value is -3.96. The van der Waals surface area contributed by atoms with E-state index in [4.69, 9.17) is 4.74 Å². The van der Waals surface area contributed by atoms with Crippen LogP contribution in [0.5, 0.6) is 5.75 Å². The Morgan fingerprint density at radius 2 is 1.55 bits per heavy atom. The van der Waals surface area contributed by atoms with Gasteiger partial charge in [-0.1, -0.05) is 78.9 Å². The van der Waals surface area contributed by atoms with Crippen molar-refractivity contribution in [2.75, 3.05) is 18.1 Å².